The molecule has 1 aromatic carbocycles. The average molecular weight is 270 g/mol. The van der Waals surface area contributed by atoms with Crippen LogP contribution in [0, 0.1) is 5.92 Å². The highest BCUT2D eigenvalue weighted by Gasteiger charge is 2.25. The Morgan fingerprint density at radius 2 is 2.00 bits per heavy atom. The summed E-state index contributed by atoms with van der Waals surface area (Å²) in [6.07, 6.45) is 3.74. The van der Waals surface area contributed by atoms with Crippen LogP contribution in [0.25, 0.3) is 0 Å². The molecule has 1 fully saturated rings. The van der Waals surface area contributed by atoms with Crippen LogP contribution < -0.4 is 5.73 Å². The van der Waals surface area contributed by atoms with Gasteiger partial charge < -0.3 is 10.5 Å². The van der Waals surface area contributed by atoms with E-state index < -0.39 is 0 Å². The van der Waals surface area contributed by atoms with Crippen LogP contribution in [0.4, 0.5) is 0 Å². The summed E-state index contributed by atoms with van der Waals surface area (Å²) in [6, 6.07) is 7.59. The first-order valence-electron chi connectivity index (χ1n) is 6.25. The normalized spacial score (nSPS) is 16.3. The van der Waals surface area contributed by atoms with E-state index in [1.54, 1.807) is 19.1 Å². The highest BCUT2D eigenvalue weighted by molar-refractivity contribution is 5.89. The zero-order valence-electron chi connectivity index (χ0n) is 10.6. The smallest absolute Gasteiger partial charge is 0.338 e. The molecule has 1 unspecified atom stereocenters. The standard InChI is InChI=1S/C14H19NO2.ClH/c1-2-17-14(16)12-8-6-11(7-9-12)13(15)10-4-3-5-10;/h6-10,13H,2-5,15H2,1H3;1H. The van der Waals surface area contributed by atoms with Gasteiger partial charge in [-0.25, -0.2) is 4.79 Å². The predicted molar refractivity (Wildman–Crippen MR) is 73.9 cm³/mol. The molecule has 100 valence electrons. The molecule has 3 nitrogen and oxygen atoms in total. The average Bonchev–Trinajstić information content (AvgIpc) is 2.27. The van der Waals surface area contributed by atoms with Gasteiger partial charge in [0.2, 0.25) is 0 Å². The molecule has 0 bridgehead atoms. The minimum atomic E-state index is -0.267. The molecule has 2 rings (SSSR count). The van der Waals surface area contributed by atoms with Gasteiger partial charge in [-0.2, -0.15) is 0 Å². The molecule has 0 amide bonds. The number of carbonyl (C=O) groups is 1. The molecule has 0 heterocycles. The van der Waals surface area contributed by atoms with Crippen molar-refractivity contribution >= 4 is 18.4 Å². The SMILES string of the molecule is CCOC(=O)c1ccc(C(N)C2CCC2)cc1.Cl. The summed E-state index contributed by atoms with van der Waals surface area (Å²) >= 11 is 0. The lowest BCUT2D eigenvalue weighted by molar-refractivity contribution is 0.0526. The summed E-state index contributed by atoms with van der Waals surface area (Å²) in [7, 11) is 0. The number of nitrogens with two attached hydrogens (primary N) is 1. The lowest BCUT2D eigenvalue weighted by Gasteiger charge is -2.31. The van der Waals surface area contributed by atoms with Gasteiger partial charge in [0.1, 0.15) is 0 Å². The third-order valence-electron chi connectivity index (χ3n) is 3.46. The van der Waals surface area contributed by atoms with Crippen LogP contribution in [0.5, 0.6) is 0 Å². The van der Waals surface area contributed by atoms with Gasteiger partial charge in [0.15, 0.2) is 0 Å². The van der Waals surface area contributed by atoms with Gasteiger partial charge in [0, 0.05) is 6.04 Å². The molecule has 1 saturated carbocycles. The van der Waals surface area contributed by atoms with Crippen molar-refractivity contribution in [1.29, 1.82) is 0 Å². The summed E-state index contributed by atoms with van der Waals surface area (Å²) in [5.41, 5.74) is 7.88. The van der Waals surface area contributed by atoms with Gasteiger partial charge in [-0.3, -0.25) is 0 Å². The van der Waals surface area contributed by atoms with Crippen molar-refractivity contribution in [3.63, 3.8) is 0 Å². The molecular formula is C14H20ClNO2. The van der Waals surface area contributed by atoms with Crippen LogP contribution in [-0.2, 0) is 4.74 Å². The van der Waals surface area contributed by atoms with Crippen molar-refractivity contribution in [1.82, 2.24) is 0 Å². The molecule has 0 aliphatic heterocycles. The summed E-state index contributed by atoms with van der Waals surface area (Å²) in [4.78, 5) is 11.5. The van der Waals surface area contributed by atoms with Crippen LogP contribution in [0.15, 0.2) is 24.3 Å². The third kappa shape index (κ3) is 3.24. The number of esters is 1. The zero-order valence-corrected chi connectivity index (χ0v) is 11.4. The van der Waals surface area contributed by atoms with E-state index in [2.05, 4.69) is 0 Å². The summed E-state index contributed by atoms with van der Waals surface area (Å²) in [5.74, 6) is 0.347. The third-order valence-corrected chi connectivity index (χ3v) is 3.46. The molecule has 1 atom stereocenters. The first kappa shape index (κ1) is 15.0. The molecule has 0 saturated heterocycles. The van der Waals surface area contributed by atoms with E-state index in [1.165, 1.54) is 19.3 Å². The van der Waals surface area contributed by atoms with E-state index in [1.807, 2.05) is 12.1 Å². The Morgan fingerprint density at radius 1 is 1.39 bits per heavy atom. The molecule has 4 heteroatoms. The number of benzene rings is 1. The Bertz CT molecular complexity index is 387. The Hall–Kier alpha value is -1.06. The minimum absolute atomic E-state index is 0. The second-order valence-corrected chi connectivity index (χ2v) is 4.56. The quantitative estimate of drug-likeness (QED) is 0.855. The van der Waals surface area contributed by atoms with Crippen molar-refractivity contribution in [3.05, 3.63) is 35.4 Å². The largest absolute Gasteiger partial charge is 0.462 e. The molecule has 18 heavy (non-hydrogen) atoms. The number of hydrogen-bond donors (Lipinski definition) is 1. The molecule has 0 spiro atoms. The van der Waals surface area contributed by atoms with Crippen LogP contribution in [0.2, 0.25) is 0 Å². The Labute approximate surface area is 114 Å². The lowest BCUT2D eigenvalue weighted by Crippen LogP contribution is -2.26. The zero-order chi connectivity index (χ0) is 12.3. The van der Waals surface area contributed by atoms with E-state index >= 15 is 0 Å². The maximum absolute atomic E-state index is 11.5. The van der Waals surface area contributed by atoms with E-state index in [0.717, 1.165) is 5.56 Å². The van der Waals surface area contributed by atoms with Gasteiger partial charge in [-0.1, -0.05) is 18.6 Å². The number of rotatable bonds is 4. The number of ether oxygens (including phenoxy) is 1. The molecule has 0 radical (unpaired) electrons. The molecule has 1 aliphatic rings. The van der Waals surface area contributed by atoms with Crippen molar-refractivity contribution in [2.45, 2.75) is 32.2 Å². The maximum atomic E-state index is 11.5. The van der Waals surface area contributed by atoms with Gasteiger partial charge in [0.25, 0.3) is 0 Å². The first-order valence-corrected chi connectivity index (χ1v) is 6.25. The van der Waals surface area contributed by atoms with E-state index in [-0.39, 0.29) is 24.4 Å². The van der Waals surface area contributed by atoms with Gasteiger partial charge in [-0.05, 0) is 43.4 Å². The Kier molecular flexibility index (Phi) is 5.63. The Morgan fingerprint density at radius 3 is 2.44 bits per heavy atom. The number of halogens is 1. The van der Waals surface area contributed by atoms with Crippen molar-refractivity contribution in [2.75, 3.05) is 6.61 Å². The fraction of sp³-hybridized carbons (Fsp3) is 0.500. The second kappa shape index (κ2) is 6.76. The Balaban J connectivity index is 0.00000162. The summed E-state index contributed by atoms with van der Waals surface area (Å²) in [5, 5.41) is 0. The monoisotopic (exact) mass is 269 g/mol. The molecule has 2 N–H and O–H groups in total. The van der Waals surface area contributed by atoms with Gasteiger partial charge in [0.05, 0.1) is 12.2 Å². The van der Waals surface area contributed by atoms with Crippen LogP contribution in [0.1, 0.15) is 48.1 Å². The van der Waals surface area contributed by atoms with Crippen LogP contribution in [-0.4, -0.2) is 12.6 Å². The molecule has 0 aromatic heterocycles. The second-order valence-electron chi connectivity index (χ2n) is 4.56. The minimum Gasteiger partial charge on any atom is -0.462 e. The van der Waals surface area contributed by atoms with E-state index in [4.69, 9.17) is 10.5 Å². The fourth-order valence-electron chi connectivity index (χ4n) is 2.13. The topological polar surface area (TPSA) is 52.3 Å². The van der Waals surface area contributed by atoms with Gasteiger partial charge in [-0.15, -0.1) is 12.4 Å². The predicted octanol–water partition coefficient (Wildman–Crippen LogP) is 3.09. The van der Waals surface area contributed by atoms with Crippen LogP contribution >= 0.6 is 12.4 Å². The number of hydrogen-bond acceptors (Lipinski definition) is 3. The lowest BCUT2D eigenvalue weighted by atomic mass is 9.77. The first-order chi connectivity index (χ1) is 8.22. The fourth-order valence-corrected chi connectivity index (χ4v) is 2.13. The summed E-state index contributed by atoms with van der Waals surface area (Å²) < 4.78 is 4.94. The highest BCUT2D eigenvalue weighted by Crippen LogP contribution is 2.36. The van der Waals surface area contributed by atoms with Crippen molar-refractivity contribution in [3.8, 4) is 0 Å². The van der Waals surface area contributed by atoms with E-state index in [0.29, 0.717) is 18.1 Å². The van der Waals surface area contributed by atoms with Crippen molar-refractivity contribution < 1.29 is 9.53 Å². The summed E-state index contributed by atoms with van der Waals surface area (Å²) in [6.45, 7) is 2.21. The van der Waals surface area contributed by atoms with Gasteiger partial charge >= 0.3 is 5.97 Å². The van der Waals surface area contributed by atoms with Crippen molar-refractivity contribution in [2.24, 2.45) is 11.7 Å². The molecular weight excluding hydrogens is 250 g/mol. The van der Waals surface area contributed by atoms with Crippen LogP contribution in [0.3, 0.4) is 0 Å². The molecule has 1 aliphatic carbocycles. The van der Waals surface area contributed by atoms with E-state index in [9.17, 15) is 4.79 Å². The number of carbonyl (C=O) groups excluding carboxylic acids is 1. The molecule has 1 aromatic rings. The maximum Gasteiger partial charge on any atom is 0.338 e. The highest BCUT2D eigenvalue weighted by atomic mass is 35.5.